The number of carbonyl (C=O) groups is 1. The smallest absolute Gasteiger partial charge is 0.253 e. The third-order valence-electron chi connectivity index (χ3n) is 4.26. The number of nitrogens with zero attached hydrogens (tertiary/aromatic N) is 1. The van der Waals surface area contributed by atoms with Gasteiger partial charge in [0.1, 0.15) is 5.75 Å². The highest BCUT2D eigenvalue weighted by Gasteiger charge is 2.26. The van der Waals surface area contributed by atoms with Gasteiger partial charge < -0.3 is 14.4 Å². The van der Waals surface area contributed by atoms with Crippen LogP contribution in [-0.4, -0.2) is 43.7 Å². The average molecular weight is 291 g/mol. The van der Waals surface area contributed by atoms with Crippen molar-refractivity contribution in [2.75, 3.05) is 20.8 Å². The Morgan fingerprint density at radius 3 is 2.33 bits per heavy atom. The molecule has 4 nitrogen and oxygen atoms in total. The van der Waals surface area contributed by atoms with Crippen LogP contribution in [-0.2, 0) is 4.74 Å². The molecule has 0 radical (unpaired) electrons. The van der Waals surface area contributed by atoms with Gasteiger partial charge in [-0.25, -0.2) is 0 Å². The molecule has 4 heteroatoms. The van der Waals surface area contributed by atoms with E-state index < -0.39 is 0 Å². The topological polar surface area (TPSA) is 38.8 Å². The minimum absolute atomic E-state index is 0.0823. The van der Waals surface area contributed by atoms with Crippen molar-refractivity contribution < 1.29 is 14.3 Å². The molecule has 1 aliphatic carbocycles. The zero-order valence-corrected chi connectivity index (χ0v) is 13.2. The minimum Gasteiger partial charge on any atom is -0.494 e. The predicted octanol–water partition coefficient (Wildman–Crippen LogP) is 3.11. The highest BCUT2D eigenvalue weighted by atomic mass is 16.5. The van der Waals surface area contributed by atoms with E-state index in [1.54, 1.807) is 7.11 Å². The largest absolute Gasteiger partial charge is 0.494 e. The molecule has 1 fully saturated rings. The number of amides is 1. The molecule has 1 aromatic rings. The van der Waals surface area contributed by atoms with Gasteiger partial charge in [0.15, 0.2) is 0 Å². The summed E-state index contributed by atoms with van der Waals surface area (Å²) in [4.78, 5) is 14.4. The van der Waals surface area contributed by atoms with Gasteiger partial charge in [0.25, 0.3) is 5.91 Å². The summed E-state index contributed by atoms with van der Waals surface area (Å²) in [6.45, 7) is 2.58. The highest BCUT2D eigenvalue weighted by Crippen LogP contribution is 2.25. The lowest BCUT2D eigenvalue weighted by atomic mass is 9.92. The Bertz CT molecular complexity index is 450. The normalized spacial score (nSPS) is 21.9. The van der Waals surface area contributed by atoms with Gasteiger partial charge in [0.05, 0.1) is 12.7 Å². The van der Waals surface area contributed by atoms with Crippen LogP contribution in [0.4, 0.5) is 0 Å². The van der Waals surface area contributed by atoms with Crippen LogP contribution >= 0.6 is 0 Å². The molecule has 116 valence electrons. The van der Waals surface area contributed by atoms with Crippen molar-refractivity contribution in [1.29, 1.82) is 0 Å². The Labute approximate surface area is 127 Å². The van der Waals surface area contributed by atoms with Crippen LogP contribution in [0.2, 0.25) is 0 Å². The lowest BCUT2D eigenvalue weighted by Crippen LogP contribution is -2.40. The Hall–Kier alpha value is -1.55. The molecular weight excluding hydrogens is 266 g/mol. The standard InChI is InChI=1S/C17H25NO3/c1-4-21-16-9-5-13(6-10-16)17(19)18(2)14-7-11-15(20-3)12-8-14/h5-6,9-10,14-15H,4,7-8,11-12H2,1-3H3. The van der Waals surface area contributed by atoms with Crippen molar-refractivity contribution in [3.63, 3.8) is 0 Å². The number of hydrogen-bond donors (Lipinski definition) is 0. The molecule has 21 heavy (non-hydrogen) atoms. The molecule has 1 aromatic carbocycles. The second kappa shape index (κ2) is 7.46. The maximum atomic E-state index is 12.5. The Morgan fingerprint density at radius 1 is 1.19 bits per heavy atom. The summed E-state index contributed by atoms with van der Waals surface area (Å²) in [5.41, 5.74) is 0.717. The molecule has 0 saturated heterocycles. The van der Waals surface area contributed by atoms with Crippen molar-refractivity contribution >= 4 is 5.91 Å². The maximum absolute atomic E-state index is 12.5. The summed E-state index contributed by atoms with van der Waals surface area (Å²) in [5, 5.41) is 0. The first-order valence-electron chi connectivity index (χ1n) is 7.68. The number of rotatable bonds is 5. The van der Waals surface area contributed by atoms with E-state index in [1.807, 2.05) is 43.1 Å². The van der Waals surface area contributed by atoms with Gasteiger partial charge >= 0.3 is 0 Å². The van der Waals surface area contributed by atoms with E-state index in [0.717, 1.165) is 37.0 Å². The van der Waals surface area contributed by atoms with E-state index >= 15 is 0 Å². The van der Waals surface area contributed by atoms with Gasteiger partial charge in [-0.15, -0.1) is 0 Å². The highest BCUT2D eigenvalue weighted by molar-refractivity contribution is 5.94. The second-order valence-electron chi connectivity index (χ2n) is 5.54. The van der Waals surface area contributed by atoms with Crippen LogP contribution in [0.25, 0.3) is 0 Å². The van der Waals surface area contributed by atoms with Crippen LogP contribution in [0, 0.1) is 0 Å². The van der Waals surface area contributed by atoms with Crippen molar-refractivity contribution in [2.45, 2.75) is 44.8 Å². The number of methoxy groups -OCH3 is 1. The van der Waals surface area contributed by atoms with Gasteiger partial charge in [-0.1, -0.05) is 0 Å². The maximum Gasteiger partial charge on any atom is 0.253 e. The third kappa shape index (κ3) is 3.97. The fraction of sp³-hybridized carbons (Fsp3) is 0.588. The minimum atomic E-state index is 0.0823. The summed E-state index contributed by atoms with van der Waals surface area (Å²) in [7, 11) is 3.66. The Kier molecular flexibility index (Phi) is 5.62. The first kappa shape index (κ1) is 15.8. The molecule has 1 amide bonds. The molecule has 0 heterocycles. The summed E-state index contributed by atoms with van der Waals surface area (Å²) >= 11 is 0. The van der Waals surface area contributed by atoms with Crippen molar-refractivity contribution in [3.8, 4) is 5.75 Å². The molecule has 0 unspecified atom stereocenters. The monoisotopic (exact) mass is 291 g/mol. The van der Waals surface area contributed by atoms with Crippen molar-refractivity contribution in [1.82, 2.24) is 4.90 Å². The van der Waals surface area contributed by atoms with E-state index in [1.165, 1.54) is 0 Å². The number of ether oxygens (including phenoxy) is 2. The van der Waals surface area contributed by atoms with Gasteiger partial charge in [0.2, 0.25) is 0 Å². The zero-order chi connectivity index (χ0) is 15.2. The lowest BCUT2D eigenvalue weighted by Gasteiger charge is -2.34. The molecule has 0 aromatic heterocycles. The summed E-state index contributed by atoms with van der Waals surface area (Å²) in [6.07, 6.45) is 4.44. The van der Waals surface area contributed by atoms with E-state index in [2.05, 4.69) is 0 Å². The van der Waals surface area contributed by atoms with Crippen LogP contribution in [0.3, 0.4) is 0 Å². The van der Waals surface area contributed by atoms with Crippen LogP contribution in [0.5, 0.6) is 5.75 Å². The van der Waals surface area contributed by atoms with Gasteiger partial charge in [-0.05, 0) is 56.9 Å². The fourth-order valence-corrected chi connectivity index (χ4v) is 2.90. The van der Waals surface area contributed by atoms with Crippen LogP contribution in [0.15, 0.2) is 24.3 Å². The van der Waals surface area contributed by atoms with Gasteiger partial charge in [0, 0.05) is 25.8 Å². The SMILES string of the molecule is CCOc1ccc(C(=O)N(C)C2CCC(OC)CC2)cc1. The van der Waals surface area contributed by atoms with Crippen LogP contribution < -0.4 is 4.74 Å². The van der Waals surface area contributed by atoms with Gasteiger partial charge in [-0.2, -0.15) is 0 Å². The van der Waals surface area contributed by atoms with Crippen molar-refractivity contribution in [2.24, 2.45) is 0 Å². The third-order valence-corrected chi connectivity index (χ3v) is 4.26. The fourth-order valence-electron chi connectivity index (χ4n) is 2.90. The zero-order valence-electron chi connectivity index (χ0n) is 13.2. The van der Waals surface area contributed by atoms with E-state index in [4.69, 9.17) is 9.47 Å². The van der Waals surface area contributed by atoms with E-state index in [9.17, 15) is 4.79 Å². The molecule has 1 saturated carbocycles. The molecule has 1 aliphatic rings. The molecule has 0 atom stereocenters. The summed E-state index contributed by atoms with van der Waals surface area (Å²) < 4.78 is 10.8. The van der Waals surface area contributed by atoms with Crippen LogP contribution in [0.1, 0.15) is 43.0 Å². The first-order chi connectivity index (χ1) is 10.2. The molecule has 0 spiro atoms. The summed E-state index contributed by atoms with van der Waals surface area (Å²) in [6, 6.07) is 7.70. The molecular formula is C17H25NO3. The lowest BCUT2D eigenvalue weighted by molar-refractivity contribution is 0.0386. The molecule has 0 bridgehead atoms. The molecule has 0 N–H and O–H groups in total. The molecule has 0 aliphatic heterocycles. The Balaban J connectivity index is 1.95. The van der Waals surface area contributed by atoms with E-state index in [-0.39, 0.29) is 5.91 Å². The first-order valence-corrected chi connectivity index (χ1v) is 7.68. The van der Waals surface area contributed by atoms with Gasteiger partial charge in [-0.3, -0.25) is 4.79 Å². The number of benzene rings is 1. The number of carbonyl (C=O) groups excluding carboxylic acids is 1. The number of hydrogen-bond acceptors (Lipinski definition) is 3. The average Bonchev–Trinajstić information content (AvgIpc) is 2.54. The van der Waals surface area contributed by atoms with Crippen molar-refractivity contribution in [3.05, 3.63) is 29.8 Å². The molecule has 2 rings (SSSR count). The van der Waals surface area contributed by atoms with E-state index in [0.29, 0.717) is 18.8 Å². The quantitative estimate of drug-likeness (QED) is 0.836. The summed E-state index contributed by atoms with van der Waals surface area (Å²) in [5.74, 6) is 0.885. The predicted molar refractivity (Wildman–Crippen MR) is 82.8 cm³/mol. The Morgan fingerprint density at radius 2 is 1.81 bits per heavy atom. The second-order valence-corrected chi connectivity index (χ2v) is 5.54.